The lowest BCUT2D eigenvalue weighted by Crippen LogP contribution is -2.21. The maximum absolute atomic E-state index is 12.0. The predicted molar refractivity (Wildman–Crippen MR) is 37.5 cm³/mol. The van der Waals surface area contributed by atoms with E-state index in [0.717, 1.165) is 0 Å². The monoisotopic (exact) mass is 219 g/mol. The van der Waals surface area contributed by atoms with Gasteiger partial charge in [0.15, 0.2) is 0 Å². The molecule has 1 heterocycles. The van der Waals surface area contributed by atoms with Crippen molar-refractivity contribution in [2.24, 2.45) is 0 Å². The number of aliphatic carboxylic acids is 1. The Labute approximate surface area is 76.5 Å². The molecule has 8 heteroatoms. The molecule has 0 aromatic rings. The van der Waals surface area contributed by atoms with Crippen LogP contribution in [0.15, 0.2) is 0 Å². The molecule has 3 N–H and O–H groups in total. The molecule has 0 aliphatic carbocycles. The summed E-state index contributed by atoms with van der Waals surface area (Å²) in [6.07, 6.45) is -6.89. The van der Waals surface area contributed by atoms with Crippen LogP contribution in [-0.4, -0.2) is 47.7 Å². The van der Waals surface area contributed by atoms with Crippen LogP contribution in [0.2, 0.25) is 0 Å². The summed E-state index contributed by atoms with van der Waals surface area (Å²) >= 11 is 0. The highest BCUT2D eigenvalue weighted by Gasteiger charge is 2.38. The molecule has 1 aliphatic heterocycles. The minimum Gasteiger partial charge on any atom is -0.475 e. The summed E-state index contributed by atoms with van der Waals surface area (Å²) in [6.45, 7) is 0.711. The third-order valence-corrected chi connectivity index (χ3v) is 1.35. The molecule has 14 heavy (non-hydrogen) atoms. The smallest absolute Gasteiger partial charge is 0.475 e. The standard InChI is InChI=1S/C4H8FNO.C2HF3O2/c5-3-1-6-2-4(3)7;3-2(4,5)1(6)7/h3-4,6-7H,1-2H2;(H,6,7). The molecule has 0 aromatic heterocycles. The van der Waals surface area contributed by atoms with Crippen molar-refractivity contribution < 1.29 is 32.6 Å². The predicted octanol–water partition coefficient (Wildman–Crippen LogP) is -0.0781. The second-order valence-electron chi connectivity index (χ2n) is 2.54. The summed E-state index contributed by atoms with van der Waals surface area (Å²) in [5.41, 5.74) is 0. The fourth-order valence-electron chi connectivity index (χ4n) is 0.633. The number of halogens is 4. The lowest BCUT2D eigenvalue weighted by molar-refractivity contribution is -0.192. The average Bonchev–Trinajstić information content (AvgIpc) is 2.35. The lowest BCUT2D eigenvalue weighted by atomic mass is 10.3. The van der Waals surface area contributed by atoms with E-state index in [1.807, 2.05) is 0 Å². The van der Waals surface area contributed by atoms with Gasteiger partial charge < -0.3 is 15.5 Å². The summed E-state index contributed by atoms with van der Waals surface area (Å²) < 4.78 is 43.7. The van der Waals surface area contributed by atoms with Gasteiger partial charge in [-0.3, -0.25) is 0 Å². The lowest BCUT2D eigenvalue weighted by Gasteiger charge is -1.98. The number of hydrogen-bond donors (Lipinski definition) is 3. The number of carboxylic acid groups (broad SMARTS) is 1. The largest absolute Gasteiger partial charge is 0.490 e. The van der Waals surface area contributed by atoms with Crippen LogP contribution in [0, 0.1) is 0 Å². The number of aliphatic hydroxyl groups excluding tert-OH is 1. The first-order valence-electron chi connectivity index (χ1n) is 3.58. The van der Waals surface area contributed by atoms with Gasteiger partial charge in [0.2, 0.25) is 0 Å². The van der Waals surface area contributed by atoms with E-state index >= 15 is 0 Å². The van der Waals surface area contributed by atoms with Gasteiger partial charge in [-0.1, -0.05) is 0 Å². The van der Waals surface area contributed by atoms with E-state index in [1.165, 1.54) is 0 Å². The highest BCUT2D eigenvalue weighted by molar-refractivity contribution is 5.73. The van der Waals surface area contributed by atoms with Gasteiger partial charge in [0, 0.05) is 13.1 Å². The van der Waals surface area contributed by atoms with Crippen LogP contribution in [0.5, 0.6) is 0 Å². The minimum atomic E-state index is -5.08. The van der Waals surface area contributed by atoms with E-state index in [1.54, 1.807) is 0 Å². The Morgan fingerprint density at radius 1 is 1.36 bits per heavy atom. The quantitative estimate of drug-likeness (QED) is 0.498. The molecule has 0 bridgehead atoms. The van der Waals surface area contributed by atoms with E-state index in [0.29, 0.717) is 13.1 Å². The molecule has 2 unspecified atom stereocenters. The molecule has 2 atom stereocenters. The van der Waals surface area contributed by atoms with Gasteiger partial charge in [0.25, 0.3) is 0 Å². The Morgan fingerprint density at radius 3 is 1.86 bits per heavy atom. The van der Waals surface area contributed by atoms with Crippen molar-refractivity contribution in [2.45, 2.75) is 18.5 Å². The van der Waals surface area contributed by atoms with E-state index in [9.17, 15) is 17.6 Å². The molecule has 4 nitrogen and oxygen atoms in total. The van der Waals surface area contributed by atoms with Gasteiger partial charge in [-0.15, -0.1) is 0 Å². The SMILES string of the molecule is O=C(O)C(F)(F)F.OC1CNCC1F. The van der Waals surface area contributed by atoms with Crippen LogP contribution in [0.3, 0.4) is 0 Å². The number of carboxylic acids is 1. The number of hydrogen-bond acceptors (Lipinski definition) is 3. The second-order valence-corrected chi connectivity index (χ2v) is 2.54. The average molecular weight is 219 g/mol. The number of rotatable bonds is 0. The zero-order valence-electron chi connectivity index (χ0n) is 6.88. The van der Waals surface area contributed by atoms with Crippen LogP contribution >= 0.6 is 0 Å². The van der Waals surface area contributed by atoms with Crippen molar-refractivity contribution in [3.63, 3.8) is 0 Å². The Morgan fingerprint density at radius 2 is 1.79 bits per heavy atom. The molecule has 0 amide bonds. The van der Waals surface area contributed by atoms with E-state index < -0.39 is 24.4 Å². The molecule has 1 aliphatic rings. The zero-order valence-corrected chi connectivity index (χ0v) is 6.88. The number of nitrogens with one attached hydrogen (secondary N) is 1. The molecule has 0 aromatic carbocycles. The van der Waals surface area contributed by atoms with Gasteiger partial charge in [-0.25, -0.2) is 9.18 Å². The van der Waals surface area contributed by atoms with Gasteiger partial charge in [0.05, 0.1) is 6.10 Å². The normalized spacial score (nSPS) is 26.6. The summed E-state index contributed by atoms with van der Waals surface area (Å²) in [7, 11) is 0. The minimum absolute atomic E-state index is 0.307. The van der Waals surface area contributed by atoms with Crippen LogP contribution in [-0.2, 0) is 4.79 Å². The van der Waals surface area contributed by atoms with Crippen molar-refractivity contribution >= 4 is 5.97 Å². The molecular weight excluding hydrogens is 210 g/mol. The third-order valence-electron chi connectivity index (χ3n) is 1.35. The molecular formula is C6H9F4NO3. The number of carbonyl (C=O) groups is 1. The van der Waals surface area contributed by atoms with Crippen LogP contribution < -0.4 is 5.32 Å². The number of aliphatic hydroxyl groups is 1. The van der Waals surface area contributed by atoms with Crippen molar-refractivity contribution in [1.82, 2.24) is 5.32 Å². The van der Waals surface area contributed by atoms with Gasteiger partial charge in [0.1, 0.15) is 6.17 Å². The summed E-state index contributed by atoms with van der Waals surface area (Å²) in [6, 6.07) is 0. The number of alkyl halides is 4. The van der Waals surface area contributed by atoms with Crippen LogP contribution in [0.4, 0.5) is 17.6 Å². The second kappa shape index (κ2) is 5.11. The Kier molecular flexibility index (Phi) is 4.78. The first-order chi connectivity index (χ1) is 6.25. The molecule has 1 rings (SSSR count). The first kappa shape index (κ1) is 13.1. The van der Waals surface area contributed by atoms with Crippen molar-refractivity contribution in [1.29, 1.82) is 0 Å². The maximum Gasteiger partial charge on any atom is 0.490 e. The highest BCUT2D eigenvalue weighted by atomic mass is 19.4. The zero-order chi connectivity index (χ0) is 11.4. The Hall–Kier alpha value is -0.890. The summed E-state index contributed by atoms with van der Waals surface area (Å²) in [4.78, 5) is 8.90. The van der Waals surface area contributed by atoms with E-state index in [-0.39, 0.29) is 0 Å². The maximum atomic E-state index is 12.0. The number of β-amino-alcohol motifs (C(OH)–C–C–N with tert-alkyl or cyclic N) is 1. The third kappa shape index (κ3) is 4.97. The van der Waals surface area contributed by atoms with E-state index in [4.69, 9.17) is 15.0 Å². The van der Waals surface area contributed by atoms with Gasteiger partial charge in [-0.05, 0) is 0 Å². The molecule has 0 radical (unpaired) electrons. The summed E-state index contributed by atoms with van der Waals surface area (Å²) in [5.74, 6) is -2.76. The molecule has 1 saturated heterocycles. The molecule has 84 valence electrons. The van der Waals surface area contributed by atoms with Crippen molar-refractivity contribution in [2.75, 3.05) is 13.1 Å². The molecule has 0 saturated carbocycles. The van der Waals surface area contributed by atoms with E-state index in [2.05, 4.69) is 5.32 Å². The summed E-state index contributed by atoms with van der Waals surface area (Å²) in [5, 5.41) is 18.4. The topological polar surface area (TPSA) is 69.6 Å². The van der Waals surface area contributed by atoms with Crippen LogP contribution in [0.1, 0.15) is 0 Å². The molecule has 1 fully saturated rings. The fourth-order valence-corrected chi connectivity index (χ4v) is 0.633. The highest BCUT2D eigenvalue weighted by Crippen LogP contribution is 2.13. The van der Waals surface area contributed by atoms with Crippen LogP contribution in [0.25, 0.3) is 0 Å². The van der Waals surface area contributed by atoms with Crippen molar-refractivity contribution in [3.8, 4) is 0 Å². The fraction of sp³-hybridized carbons (Fsp3) is 0.833. The van der Waals surface area contributed by atoms with Gasteiger partial charge >= 0.3 is 12.1 Å². The first-order valence-corrected chi connectivity index (χ1v) is 3.58. The molecule has 0 spiro atoms. The Bertz CT molecular complexity index is 188. The Balaban J connectivity index is 0.000000241. The van der Waals surface area contributed by atoms with Gasteiger partial charge in [-0.2, -0.15) is 13.2 Å². The van der Waals surface area contributed by atoms with Crippen molar-refractivity contribution in [3.05, 3.63) is 0 Å².